The van der Waals surface area contributed by atoms with Gasteiger partial charge in [0.15, 0.2) is 0 Å². The molecule has 0 aromatic heterocycles. The van der Waals surface area contributed by atoms with Crippen LogP contribution in [-0.4, -0.2) is 44.8 Å². The average Bonchev–Trinajstić information content (AvgIpc) is 2.86. The first kappa shape index (κ1) is 28.8. The van der Waals surface area contributed by atoms with Gasteiger partial charge in [0.1, 0.15) is 12.6 Å². The fourth-order valence-electron chi connectivity index (χ4n) is 3.76. The van der Waals surface area contributed by atoms with Crippen molar-refractivity contribution in [3.8, 4) is 0 Å². The van der Waals surface area contributed by atoms with Gasteiger partial charge in [-0.25, -0.2) is 8.42 Å². The maximum Gasteiger partial charge on any atom is 0.264 e. The van der Waals surface area contributed by atoms with E-state index in [-0.39, 0.29) is 11.4 Å². The van der Waals surface area contributed by atoms with Crippen molar-refractivity contribution in [1.29, 1.82) is 0 Å². The molecule has 0 aliphatic heterocycles. The molecule has 0 radical (unpaired) electrons. The van der Waals surface area contributed by atoms with Crippen molar-refractivity contribution < 1.29 is 18.0 Å². The van der Waals surface area contributed by atoms with Crippen LogP contribution in [0.15, 0.2) is 71.6 Å². The Morgan fingerprint density at radius 1 is 0.946 bits per heavy atom. The Morgan fingerprint density at radius 3 is 2.16 bits per heavy atom. The molecule has 0 saturated carbocycles. The lowest BCUT2D eigenvalue weighted by molar-refractivity contribution is -0.139. The third-order valence-electron chi connectivity index (χ3n) is 5.81. The lowest BCUT2D eigenvalue weighted by Crippen LogP contribution is -2.50. The van der Waals surface area contributed by atoms with Crippen LogP contribution in [0, 0.1) is 6.92 Å². The van der Waals surface area contributed by atoms with E-state index in [2.05, 4.69) is 5.32 Å². The smallest absolute Gasteiger partial charge is 0.264 e. The van der Waals surface area contributed by atoms with Crippen LogP contribution in [0.2, 0.25) is 15.1 Å². The van der Waals surface area contributed by atoms with Crippen molar-refractivity contribution >= 4 is 62.3 Å². The van der Waals surface area contributed by atoms with E-state index in [1.807, 2.05) is 0 Å². The van der Waals surface area contributed by atoms with Gasteiger partial charge in [-0.2, -0.15) is 0 Å². The van der Waals surface area contributed by atoms with Crippen LogP contribution in [0.5, 0.6) is 0 Å². The standard InChI is InChI=1S/C26H26Cl3N3O4S/c1-17-13-20(27)11-12-24(17)32(37(35,36)22-7-5-4-6-8-22)16-25(33)31(18(2)26(34)30-3)15-19-9-10-21(28)14-23(19)29/h4-14,18H,15-16H2,1-3H3,(H,30,34). The fourth-order valence-corrected chi connectivity index (χ4v) is 5.95. The molecular formula is C26H26Cl3N3O4S. The van der Waals surface area contributed by atoms with Gasteiger partial charge in [-0.05, 0) is 67.4 Å². The first-order valence-corrected chi connectivity index (χ1v) is 13.8. The van der Waals surface area contributed by atoms with Gasteiger partial charge >= 0.3 is 0 Å². The Hall–Kier alpha value is -2.78. The van der Waals surface area contributed by atoms with Crippen molar-refractivity contribution in [3.63, 3.8) is 0 Å². The molecule has 196 valence electrons. The maximum atomic E-state index is 13.8. The Balaban J connectivity index is 2.07. The highest BCUT2D eigenvalue weighted by Gasteiger charge is 2.33. The van der Waals surface area contributed by atoms with Gasteiger partial charge in [0.2, 0.25) is 11.8 Å². The number of anilines is 1. The van der Waals surface area contributed by atoms with E-state index < -0.39 is 34.4 Å². The van der Waals surface area contributed by atoms with Gasteiger partial charge in [0.25, 0.3) is 10.0 Å². The van der Waals surface area contributed by atoms with E-state index in [4.69, 9.17) is 34.8 Å². The van der Waals surface area contributed by atoms with E-state index in [0.29, 0.717) is 31.9 Å². The highest BCUT2D eigenvalue weighted by atomic mass is 35.5. The second-order valence-corrected chi connectivity index (χ2v) is 11.4. The van der Waals surface area contributed by atoms with Gasteiger partial charge in [-0.1, -0.05) is 59.1 Å². The minimum atomic E-state index is -4.16. The molecule has 3 aromatic carbocycles. The van der Waals surface area contributed by atoms with E-state index in [9.17, 15) is 18.0 Å². The Labute approximate surface area is 232 Å². The number of rotatable bonds is 9. The van der Waals surface area contributed by atoms with Crippen molar-refractivity contribution in [2.45, 2.75) is 31.3 Å². The monoisotopic (exact) mass is 581 g/mol. The summed E-state index contributed by atoms with van der Waals surface area (Å²) in [6.07, 6.45) is 0. The third kappa shape index (κ3) is 6.76. The van der Waals surface area contributed by atoms with E-state index in [0.717, 1.165) is 4.31 Å². The van der Waals surface area contributed by atoms with E-state index >= 15 is 0 Å². The number of sulfonamides is 1. The summed E-state index contributed by atoms with van der Waals surface area (Å²) >= 11 is 18.5. The molecule has 0 saturated heterocycles. The number of hydrogen-bond donors (Lipinski definition) is 1. The highest BCUT2D eigenvalue weighted by Crippen LogP contribution is 2.30. The summed E-state index contributed by atoms with van der Waals surface area (Å²) in [7, 11) is -2.70. The number of amides is 2. The number of benzene rings is 3. The Morgan fingerprint density at radius 2 is 1.57 bits per heavy atom. The zero-order chi connectivity index (χ0) is 27.3. The first-order valence-electron chi connectivity index (χ1n) is 11.2. The number of nitrogens with zero attached hydrogens (tertiary/aromatic N) is 2. The van der Waals surface area contributed by atoms with Crippen molar-refractivity contribution in [2.24, 2.45) is 0 Å². The predicted molar refractivity (Wildman–Crippen MR) is 148 cm³/mol. The normalized spacial score (nSPS) is 12.1. The molecule has 0 aliphatic carbocycles. The molecule has 1 unspecified atom stereocenters. The topological polar surface area (TPSA) is 86.8 Å². The molecule has 11 heteroatoms. The van der Waals surface area contributed by atoms with Crippen molar-refractivity contribution in [1.82, 2.24) is 10.2 Å². The van der Waals surface area contributed by atoms with E-state index in [1.165, 1.54) is 30.1 Å². The van der Waals surface area contributed by atoms with Crippen LogP contribution in [-0.2, 0) is 26.2 Å². The third-order valence-corrected chi connectivity index (χ3v) is 8.40. The summed E-state index contributed by atoms with van der Waals surface area (Å²) in [5.74, 6) is -1.02. The minimum absolute atomic E-state index is 0.0174. The van der Waals surface area contributed by atoms with Crippen LogP contribution in [0.4, 0.5) is 5.69 Å². The van der Waals surface area contributed by atoms with Crippen LogP contribution in [0.3, 0.4) is 0 Å². The summed E-state index contributed by atoms with van der Waals surface area (Å²) in [5.41, 5.74) is 1.40. The molecule has 37 heavy (non-hydrogen) atoms. The van der Waals surface area contributed by atoms with E-state index in [1.54, 1.807) is 62.4 Å². The van der Waals surface area contributed by atoms with Gasteiger partial charge in [0.05, 0.1) is 10.6 Å². The summed E-state index contributed by atoms with van der Waals surface area (Å²) < 4.78 is 28.5. The van der Waals surface area contributed by atoms with Gasteiger partial charge < -0.3 is 10.2 Å². The highest BCUT2D eigenvalue weighted by molar-refractivity contribution is 7.92. The molecule has 7 nitrogen and oxygen atoms in total. The molecular weight excluding hydrogens is 557 g/mol. The molecule has 0 heterocycles. The Kier molecular flexibility index (Phi) is 9.47. The number of likely N-dealkylation sites (N-methyl/N-ethyl adjacent to an activating group) is 1. The number of halogens is 3. The minimum Gasteiger partial charge on any atom is -0.357 e. The molecule has 0 bridgehead atoms. The van der Waals surface area contributed by atoms with Crippen molar-refractivity contribution in [3.05, 3.63) is 92.9 Å². The van der Waals surface area contributed by atoms with Crippen LogP contribution in [0.25, 0.3) is 0 Å². The van der Waals surface area contributed by atoms with Crippen LogP contribution < -0.4 is 9.62 Å². The quantitative estimate of drug-likeness (QED) is 0.370. The lowest BCUT2D eigenvalue weighted by Gasteiger charge is -2.32. The number of nitrogens with one attached hydrogen (secondary N) is 1. The van der Waals surface area contributed by atoms with Crippen LogP contribution >= 0.6 is 34.8 Å². The molecule has 0 fully saturated rings. The lowest BCUT2D eigenvalue weighted by atomic mass is 10.1. The number of carbonyl (C=O) groups excluding carboxylic acids is 2. The molecule has 1 N–H and O–H groups in total. The molecule has 3 rings (SSSR count). The van der Waals surface area contributed by atoms with Gasteiger partial charge in [0, 0.05) is 28.7 Å². The number of aryl methyl sites for hydroxylation is 1. The second kappa shape index (κ2) is 12.2. The molecule has 0 aliphatic rings. The SMILES string of the molecule is CNC(=O)C(C)N(Cc1ccc(Cl)cc1Cl)C(=O)CN(c1ccc(Cl)cc1C)S(=O)(=O)c1ccccc1. The van der Waals surface area contributed by atoms with Gasteiger partial charge in [-0.15, -0.1) is 0 Å². The molecule has 0 spiro atoms. The zero-order valence-corrected chi connectivity index (χ0v) is 23.5. The first-order chi connectivity index (χ1) is 17.4. The second-order valence-electron chi connectivity index (χ2n) is 8.30. The average molecular weight is 583 g/mol. The summed E-state index contributed by atoms with van der Waals surface area (Å²) in [6.45, 7) is 2.66. The number of carbonyl (C=O) groups is 2. The predicted octanol–water partition coefficient (Wildman–Crippen LogP) is 5.31. The molecule has 2 amide bonds. The molecule has 1 atom stereocenters. The maximum absolute atomic E-state index is 13.8. The van der Waals surface area contributed by atoms with Crippen molar-refractivity contribution in [2.75, 3.05) is 17.9 Å². The fraction of sp³-hybridized carbons (Fsp3) is 0.231. The Bertz CT molecular complexity index is 1400. The van der Waals surface area contributed by atoms with Gasteiger partial charge in [-0.3, -0.25) is 13.9 Å². The largest absolute Gasteiger partial charge is 0.357 e. The number of hydrogen-bond acceptors (Lipinski definition) is 4. The summed E-state index contributed by atoms with van der Waals surface area (Å²) in [5, 5.41) is 3.70. The summed E-state index contributed by atoms with van der Waals surface area (Å²) in [4.78, 5) is 27.6. The zero-order valence-electron chi connectivity index (χ0n) is 20.4. The van der Waals surface area contributed by atoms with Crippen LogP contribution in [0.1, 0.15) is 18.1 Å². The molecule has 3 aromatic rings. The summed E-state index contributed by atoms with van der Waals surface area (Å²) in [6, 6.07) is 16.4.